The van der Waals surface area contributed by atoms with Gasteiger partial charge in [-0.25, -0.2) is 0 Å². The van der Waals surface area contributed by atoms with Gasteiger partial charge in [-0.1, -0.05) is 24.3 Å². The lowest BCUT2D eigenvalue weighted by atomic mass is 9.99. The number of carbonyl (C=O) groups is 1. The summed E-state index contributed by atoms with van der Waals surface area (Å²) in [5.41, 5.74) is 3.27. The molecule has 0 radical (unpaired) electrons. The normalized spacial score (nSPS) is 14.4. The van der Waals surface area contributed by atoms with Gasteiger partial charge in [0.15, 0.2) is 0 Å². The molecular weight excluding hydrogens is 226 g/mol. The molecule has 0 fully saturated rings. The summed E-state index contributed by atoms with van der Waals surface area (Å²) in [5, 5.41) is 4.05. The largest absolute Gasteiger partial charge is 0.334 e. The molecule has 0 spiro atoms. The zero-order valence-corrected chi connectivity index (χ0v) is 10.3. The van der Waals surface area contributed by atoms with Gasteiger partial charge in [-0.2, -0.15) is 5.10 Å². The van der Waals surface area contributed by atoms with Crippen LogP contribution in [-0.4, -0.2) is 27.1 Å². The zero-order chi connectivity index (χ0) is 12.5. The Balaban J connectivity index is 1.82. The summed E-state index contributed by atoms with van der Waals surface area (Å²) in [7, 11) is 1.82. The van der Waals surface area contributed by atoms with Crippen LogP contribution in [0.1, 0.15) is 21.5 Å². The molecule has 0 atom stereocenters. The first-order valence-electron chi connectivity index (χ1n) is 6.09. The Morgan fingerprint density at radius 1 is 1.28 bits per heavy atom. The van der Waals surface area contributed by atoms with Crippen LogP contribution >= 0.6 is 0 Å². The van der Waals surface area contributed by atoms with Crippen molar-refractivity contribution in [3.8, 4) is 0 Å². The van der Waals surface area contributed by atoms with Crippen LogP contribution in [0.5, 0.6) is 0 Å². The van der Waals surface area contributed by atoms with Gasteiger partial charge in [0.2, 0.25) is 0 Å². The molecule has 2 aromatic rings. The van der Waals surface area contributed by atoms with Gasteiger partial charge in [-0.3, -0.25) is 9.48 Å². The predicted octanol–water partition coefficient (Wildman–Crippen LogP) is 1.62. The van der Waals surface area contributed by atoms with E-state index < -0.39 is 0 Å². The maximum atomic E-state index is 12.3. The number of nitrogens with zero attached hydrogens (tertiary/aromatic N) is 3. The van der Waals surface area contributed by atoms with Crippen molar-refractivity contribution in [2.45, 2.75) is 13.0 Å². The molecular formula is C14H15N3O. The number of rotatable bonds is 1. The van der Waals surface area contributed by atoms with E-state index in [1.54, 1.807) is 17.1 Å². The van der Waals surface area contributed by atoms with Gasteiger partial charge in [0.05, 0.1) is 11.8 Å². The smallest absolute Gasteiger partial charge is 0.257 e. The van der Waals surface area contributed by atoms with E-state index in [1.165, 1.54) is 11.1 Å². The lowest BCUT2D eigenvalue weighted by Crippen LogP contribution is -2.35. The molecule has 0 bridgehead atoms. The molecule has 0 unspecified atom stereocenters. The molecule has 1 amide bonds. The number of aryl methyl sites for hydroxylation is 1. The molecule has 0 saturated heterocycles. The zero-order valence-electron chi connectivity index (χ0n) is 10.3. The number of benzene rings is 1. The van der Waals surface area contributed by atoms with Gasteiger partial charge in [-0.15, -0.1) is 0 Å². The number of fused-ring (bicyclic) bond motifs is 1. The lowest BCUT2D eigenvalue weighted by Gasteiger charge is -2.28. The first-order chi connectivity index (χ1) is 8.74. The number of hydrogen-bond donors (Lipinski definition) is 0. The Kier molecular flexibility index (Phi) is 2.63. The van der Waals surface area contributed by atoms with E-state index in [2.05, 4.69) is 23.3 Å². The van der Waals surface area contributed by atoms with E-state index in [4.69, 9.17) is 0 Å². The molecule has 0 saturated carbocycles. The first-order valence-corrected chi connectivity index (χ1v) is 6.09. The van der Waals surface area contributed by atoms with Crippen LogP contribution in [0.15, 0.2) is 36.7 Å². The molecule has 92 valence electrons. The van der Waals surface area contributed by atoms with E-state index >= 15 is 0 Å². The van der Waals surface area contributed by atoms with Crippen LogP contribution in [-0.2, 0) is 20.0 Å². The quantitative estimate of drug-likeness (QED) is 0.761. The first kappa shape index (κ1) is 11.0. The molecule has 1 aromatic carbocycles. The fraction of sp³-hybridized carbons (Fsp3) is 0.286. The Morgan fingerprint density at radius 2 is 2.06 bits per heavy atom. The third-order valence-corrected chi connectivity index (χ3v) is 3.37. The van der Waals surface area contributed by atoms with Crippen molar-refractivity contribution in [2.75, 3.05) is 6.54 Å². The minimum Gasteiger partial charge on any atom is -0.334 e. The SMILES string of the molecule is Cn1cc(C(=O)N2CCc3ccccc3C2)cn1. The van der Waals surface area contributed by atoms with E-state index in [-0.39, 0.29) is 5.91 Å². The average molecular weight is 241 g/mol. The number of amides is 1. The van der Waals surface area contributed by atoms with Crippen LogP contribution < -0.4 is 0 Å². The molecule has 1 aromatic heterocycles. The van der Waals surface area contributed by atoms with Crippen molar-refractivity contribution in [1.82, 2.24) is 14.7 Å². The van der Waals surface area contributed by atoms with Crippen molar-refractivity contribution in [3.63, 3.8) is 0 Å². The standard InChI is InChI=1S/C14H15N3O/c1-16-9-13(8-15-16)14(18)17-7-6-11-4-2-3-5-12(11)10-17/h2-5,8-9H,6-7,10H2,1H3. The van der Waals surface area contributed by atoms with Gasteiger partial charge in [-0.05, 0) is 17.5 Å². The summed E-state index contributed by atoms with van der Waals surface area (Å²) < 4.78 is 1.66. The topological polar surface area (TPSA) is 38.1 Å². The summed E-state index contributed by atoms with van der Waals surface area (Å²) in [6, 6.07) is 8.31. The lowest BCUT2D eigenvalue weighted by molar-refractivity contribution is 0.0734. The van der Waals surface area contributed by atoms with Crippen molar-refractivity contribution in [1.29, 1.82) is 0 Å². The maximum Gasteiger partial charge on any atom is 0.257 e. The van der Waals surface area contributed by atoms with E-state index in [0.717, 1.165) is 13.0 Å². The molecule has 18 heavy (non-hydrogen) atoms. The van der Waals surface area contributed by atoms with Crippen LogP contribution in [0.2, 0.25) is 0 Å². The second kappa shape index (κ2) is 4.29. The van der Waals surface area contributed by atoms with Gasteiger partial charge < -0.3 is 4.90 Å². The van der Waals surface area contributed by atoms with Crippen molar-refractivity contribution in [3.05, 3.63) is 53.3 Å². The molecule has 0 aliphatic carbocycles. The number of carbonyl (C=O) groups excluding carboxylic acids is 1. The summed E-state index contributed by atoms with van der Waals surface area (Å²) >= 11 is 0. The van der Waals surface area contributed by atoms with Crippen LogP contribution in [0.4, 0.5) is 0 Å². The second-order valence-electron chi connectivity index (χ2n) is 4.65. The van der Waals surface area contributed by atoms with Gasteiger partial charge in [0, 0.05) is 26.3 Å². The van der Waals surface area contributed by atoms with Crippen molar-refractivity contribution < 1.29 is 4.79 Å². The highest BCUT2D eigenvalue weighted by molar-refractivity contribution is 5.93. The molecule has 3 rings (SSSR count). The Bertz CT molecular complexity index is 588. The number of aromatic nitrogens is 2. The summed E-state index contributed by atoms with van der Waals surface area (Å²) in [6.45, 7) is 1.48. The molecule has 4 nitrogen and oxygen atoms in total. The summed E-state index contributed by atoms with van der Waals surface area (Å²) in [6.07, 6.45) is 4.33. The fourth-order valence-electron chi connectivity index (χ4n) is 2.38. The minimum absolute atomic E-state index is 0.0672. The highest BCUT2D eigenvalue weighted by Gasteiger charge is 2.22. The average Bonchev–Trinajstić information content (AvgIpc) is 2.84. The van der Waals surface area contributed by atoms with Crippen molar-refractivity contribution >= 4 is 5.91 Å². The van der Waals surface area contributed by atoms with E-state index in [9.17, 15) is 4.79 Å². The van der Waals surface area contributed by atoms with Crippen LogP contribution in [0.3, 0.4) is 0 Å². The van der Waals surface area contributed by atoms with Crippen LogP contribution in [0, 0.1) is 0 Å². The highest BCUT2D eigenvalue weighted by Crippen LogP contribution is 2.19. The fourth-order valence-corrected chi connectivity index (χ4v) is 2.38. The summed E-state index contributed by atoms with van der Waals surface area (Å²) in [5.74, 6) is 0.0672. The minimum atomic E-state index is 0.0672. The third kappa shape index (κ3) is 1.90. The summed E-state index contributed by atoms with van der Waals surface area (Å²) in [4.78, 5) is 14.2. The monoisotopic (exact) mass is 241 g/mol. The molecule has 0 N–H and O–H groups in total. The Morgan fingerprint density at radius 3 is 2.78 bits per heavy atom. The van der Waals surface area contributed by atoms with Crippen LogP contribution in [0.25, 0.3) is 0 Å². The molecule has 2 heterocycles. The molecule has 1 aliphatic heterocycles. The highest BCUT2D eigenvalue weighted by atomic mass is 16.2. The molecule has 1 aliphatic rings. The second-order valence-corrected chi connectivity index (χ2v) is 4.65. The van der Waals surface area contributed by atoms with Gasteiger partial charge in [0.1, 0.15) is 0 Å². The van der Waals surface area contributed by atoms with E-state index in [1.807, 2.05) is 18.0 Å². The Labute approximate surface area is 106 Å². The third-order valence-electron chi connectivity index (χ3n) is 3.37. The maximum absolute atomic E-state index is 12.3. The van der Waals surface area contributed by atoms with Gasteiger partial charge >= 0.3 is 0 Å². The van der Waals surface area contributed by atoms with E-state index in [0.29, 0.717) is 12.1 Å². The van der Waals surface area contributed by atoms with Gasteiger partial charge in [0.25, 0.3) is 5.91 Å². The molecule has 4 heteroatoms. The van der Waals surface area contributed by atoms with Crippen molar-refractivity contribution in [2.24, 2.45) is 7.05 Å². The Hall–Kier alpha value is -2.10. The predicted molar refractivity (Wildman–Crippen MR) is 68.1 cm³/mol. The number of hydrogen-bond acceptors (Lipinski definition) is 2.